The first-order chi connectivity index (χ1) is 16.5. The molecule has 0 saturated heterocycles. The minimum atomic E-state index is -1.49. The summed E-state index contributed by atoms with van der Waals surface area (Å²) in [5, 5.41) is 14.2. The predicted octanol–water partition coefficient (Wildman–Crippen LogP) is 8.29. The van der Waals surface area contributed by atoms with Gasteiger partial charge >= 0.3 is 5.97 Å². The fourth-order valence-corrected chi connectivity index (χ4v) is 4.81. The molecule has 3 N–H and O–H groups in total. The number of carbonyl (C=O) groups excluding carboxylic acids is 2. The van der Waals surface area contributed by atoms with Crippen molar-refractivity contribution in [1.29, 1.82) is 0 Å². The van der Waals surface area contributed by atoms with Crippen LogP contribution in [0.25, 0.3) is 0 Å². The van der Waals surface area contributed by atoms with Crippen molar-refractivity contribution in [2.45, 2.75) is 4.90 Å². The molecule has 6 nitrogen and oxygen atoms in total. The average Bonchev–Trinajstić information content (AvgIpc) is 2.81. The van der Waals surface area contributed by atoms with Gasteiger partial charge in [0.2, 0.25) is 5.91 Å². The number of nitrogens with one attached hydrogen (secondary N) is 2. The number of thioether (sulfide) groups is 1. The topological polar surface area (TPSA) is 95.5 Å². The molecule has 0 fully saturated rings. The number of carbonyl (C=O) groups is 3. The molecule has 0 bridgehead atoms. The summed E-state index contributed by atoms with van der Waals surface area (Å²) in [6, 6.07) is 11.3. The molecule has 3 aromatic carbocycles. The third-order valence-corrected chi connectivity index (χ3v) is 7.95. The molecule has 0 aliphatic rings. The van der Waals surface area contributed by atoms with Crippen LogP contribution in [0.1, 0.15) is 20.7 Å². The van der Waals surface area contributed by atoms with Gasteiger partial charge in [-0.2, -0.15) is 0 Å². The quantitative estimate of drug-likeness (QED) is 0.142. The van der Waals surface area contributed by atoms with Crippen LogP contribution in [0.2, 0.25) is 30.1 Å². The number of aromatic carboxylic acids is 1. The van der Waals surface area contributed by atoms with Gasteiger partial charge in [-0.05, 0) is 42.5 Å². The number of halogens is 6. The Labute approximate surface area is 233 Å². The van der Waals surface area contributed by atoms with E-state index in [1.807, 2.05) is 0 Å². The Balaban J connectivity index is 1.67. The molecule has 0 aromatic heterocycles. The second kappa shape index (κ2) is 11.9. The fraction of sp³-hybridized carbons (Fsp3) is 0.0455. The van der Waals surface area contributed by atoms with Crippen molar-refractivity contribution >= 4 is 111 Å². The molecular formula is C22H12Cl6N2O4S. The lowest BCUT2D eigenvalue weighted by Gasteiger charge is -2.14. The van der Waals surface area contributed by atoms with Gasteiger partial charge in [0.15, 0.2) is 0 Å². The van der Waals surface area contributed by atoms with Gasteiger partial charge in [-0.3, -0.25) is 9.59 Å². The van der Waals surface area contributed by atoms with E-state index in [-0.39, 0.29) is 26.7 Å². The van der Waals surface area contributed by atoms with E-state index in [1.165, 1.54) is 11.8 Å². The van der Waals surface area contributed by atoms with Crippen LogP contribution in [0.5, 0.6) is 0 Å². The molecule has 3 aromatic rings. The summed E-state index contributed by atoms with van der Waals surface area (Å²) in [6.07, 6.45) is 0. The zero-order chi connectivity index (χ0) is 25.9. The molecule has 182 valence electrons. The van der Waals surface area contributed by atoms with E-state index in [0.29, 0.717) is 21.4 Å². The maximum Gasteiger partial charge on any atom is 0.338 e. The number of rotatable bonds is 7. The Hall–Kier alpha value is -1.84. The molecule has 0 radical (unpaired) electrons. The first-order valence-corrected chi connectivity index (χ1v) is 12.6. The Bertz CT molecular complexity index is 1330. The minimum absolute atomic E-state index is 0.116. The summed E-state index contributed by atoms with van der Waals surface area (Å²) < 4.78 is 0. The third kappa shape index (κ3) is 6.68. The predicted molar refractivity (Wildman–Crippen MR) is 144 cm³/mol. The highest BCUT2D eigenvalue weighted by molar-refractivity contribution is 8.00. The van der Waals surface area contributed by atoms with E-state index in [2.05, 4.69) is 10.6 Å². The first-order valence-electron chi connectivity index (χ1n) is 9.38. The number of carboxylic acids is 1. The van der Waals surface area contributed by atoms with Crippen molar-refractivity contribution in [3.63, 3.8) is 0 Å². The minimum Gasteiger partial charge on any atom is -0.478 e. The molecule has 0 heterocycles. The van der Waals surface area contributed by atoms with Crippen molar-refractivity contribution in [2.24, 2.45) is 0 Å². The summed E-state index contributed by atoms with van der Waals surface area (Å²) in [7, 11) is 0. The molecular weight excluding hydrogens is 601 g/mol. The standard InChI is InChI=1S/C22H12Cl6N2O4S/c23-12-6-3-10(7-13(12)24)29-14(31)8-35-11-4-1-9(2-5-11)30-21(32)15-16(22(33)34)18(26)20(28)19(27)17(15)25/h1-7H,8H2,(H,29,31)(H,30,32)(H,33,34). The highest BCUT2D eigenvalue weighted by atomic mass is 35.5. The zero-order valence-electron chi connectivity index (χ0n) is 17.1. The molecule has 0 aliphatic carbocycles. The van der Waals surface area contributed by atoms with Gasteiger partial charge < -0.3 is 15.7 Å². The van der Waals surface area contributed by atoms with E-state index in [1.54, 1.807) is 42.5 Å². The van der Waals surface area contributed by atoms with Crippen molar-refractivity contribution in [3.8, 4) is 0 Å². The van der Waals surface area contributed by atoms with Crippen molar-refractivity contribution < 1.29 is 19.5 Å². The molecule has 0 spiro atoms. The van der Waals surface area contributed by atoms with Gasteiger partial charge in [0.25, 0.3) is 5.91 Å². The van der Waals surface area contributed by atoms with Crippen molar-refractivity contribution in [1.82, 2.24) is 0 Å². The second-order valence-corrected chi connectivity index (χ2v) is 10.1. The number of hydrogen-bond donors (Lipinski definition) is 3. The number of benzene rings is 3. The fourth-order valence-electron chi connectivity index (χ4n) is 2.79. The summed E-state index contributed by atoms with van der Waals surface area (Å²) in [6.45, 7) is 0. The zero-order valence-corrected chi connectivity index (χ0v) is 22.4. The SMILES string of the molecule is O=C(CSc1ccc(NC(=O)c2c(Cl)c(Cl)c(Cl)c(Cl)c2C(=O)O)cc1)Nc1ccc(Cl)c(Cl)c1. The molecule has 0 saturated carbocycles. The van der Waals surface area contributed by atoms with Gasteiger partial charge in [0.05, 0.1) is 47.0 Å². The highest BCUT2D eigenvalue weighted by Gasteiger charge is 2.28. The summed E-state index contributed by atoms with van der Waals surface area (Å²) in [5.74, 6) is -2.47. The molecule has 0 unspecified atom stereocenters. The average molecular weight is 613 g/mol. The molecule has 3 rings (SSSR count). The van der Waals surface area contributed by atoms with Crippen LogP contribution in [0.15, 0.2) is 47.4 Å². The molecule has 35 heavy (non-hydrogen) atoms. The van der Waals surface area contributed by atoms with Crippen LogP contribution in [0, 0.1) is 0 Å². The van der Waals surface area contributed by atoms with Crippen molar-refractivity contribution in [3.05, 3.63) is 83.7 Å². The molecule has 0 atom stereocenters. The van der Waals surface area contributed by atoms with Crippen molar-refractivity contribution in [2.75, 3.05) is 16.4 Å². The lowest BCUT2D eigenvalue weighted by molar-refractivity contribution is -0.113. The first kappa shape index (κ1) is 27.7. The normalized spacial score (nSPS) is 10.7. The molecule has 2 amide bonds. The highest BCUT2D eigenvalue weighted by Crippen LogP contribution is 2.41. The van der Waals surface area contributed by atoms with Gasteiger partial charge in [-0.1, -0.05) is 69.6 Å². The van der Waals surface area contributed by atoms with E-state index in [4.69, 9.17) is 69.6 Å². The van der Waals surface area contributed by atoms with Gasteiger partial charge in [-0.25, -0.2) is 4.79 Å². The lowest BCUT2D eigenvalue weighted by atomic mass is 10.1. The van der Waals surface area contributed by atoms with Crippen LogP contribution >= 0.6 is 81.4 Å². The van der Waals surface area contributed by atoms with Crippen LogP contribution in [-0.2, 0) is 4.79 Å². The largest absolute Gasteiger partial charge is 0.478 e. The smallest absolute Gasteiger partial charge is 0.338 e. The Morgan fingerprint density at radius 3 is 1.86 bits per heavy atom. The monoisotopic (exact) mass is 610 g/mol. The van der Waals surface area contributed by atoms with E-state index in [0.717, 1.165) is 4.90 Å². The van der Waals surface area contributed by atoms with Crippen LogP contribution in [0.4, 0.5) is 11.4 Å². The molecule has 13 heteroatoms. The maximum absolute atomic E-state index is 12.8. The number of hydrogen-bond acceptors (Lipinski definition) is 4. The Morgan fingerprint density at radius 1 is 0.714 bits per heavy atom. The Morgan fingerprint density at radius 2 is 1.29 bits per heavy atom. The second-order valence-electron chi connectivity index (χ2n) is 6.76. The van der Waals surface area contributed by atoms with Gasteiger partial charge in [0, 0.05) is 16.3 Å². The summed E-state index contributed by atoms with van der Waals surface area (Å²) in [4.78, 5) is 37.4. The summed E-state index contributed by atoms with van der Waals surface area (Å²) >= 11 is 37.0. The van der Waals surface area contributed by atoms with Crippen LogP contribution in [0.3, 0.4) is 0 Å². The third-order valence-electron chi connectivity index (χ3n) is 4.39. The molecule has 0 aliphatic heterocycles. The lowest BCUT2D eigenvalue weighted by Crippen LogP contribution is -2.18. The number of carboxylic acid groups (broad SMARTS) is 1. The van der Waals surface area contributed by atoms with Gasteiger partial charge in [-0.15, -0.1) is 11.8 Å². The summed E-state index contributed by atoms with van der Waals surface area (Å²) in [5.41, 5.74) is -0.126. The maximum atomic E-state index is 12.8. The number of anilines is 2. The van der Waals surface area contributed by atoms with E-state index < -0.39 is 28.0 Å². The van der Waals surface area contributed by atoms with Gasteiger partial charge in [0.1, 0.15) is 0 Å². The Kier molecular flexibility index (Phi) is 9.46. The van der Waals surface area contributed by atoms with E-state index in [9.17, 15) is 19.5 Å². The number of amides is 2. The van der Waals surface area contributed by atoms with E-state index >= 15 is 0 Å². The van der Waals surface area contributed by atoms with Crippen LogP contribution < -0.4 is 10.6 Å². The van der Waals surface area contributed by atoms with Crippen LogP contribution in [-0.4, -0.2) is 28.6 Å².